The molecule has 2 amide bonds. The van der Waals surface area contributed by atoms with Gasteiger partial charge in [0.15, 0.2) is 0 Å². The summed E-state index contributed by atoms with van der Waals surface area (Å²) in [6.07, 6.45) is 0.603. The standard InChI is InChI=1S/C19H16BrFN4O2S/c1-11-10-14(6-7-15(11)20)22-16(26)8-9-17-24-25-19(28-17)18(27)23-13-4-2-12(21)3-5-13/h2-7,10H,8-9H2,1H3,(H,22,26)(H,23,27). The first-order valence-corrected chi connectivity index (χ1v) is 9.97. The minimum atomic E-state index is -0.426. The Hall–Kier alpha value is -2.65. The first-order chi connectivity index (χ1) is 13.4. The van der Waals surface area contributed by atoms with Crippen molar-refractivity contribution in [1.82, 2.24) is 10.2 Å². The van der Waals surface area contributed by atoms with E-state index in [9.17, 15) is 14.0 Å². The number of aromatic nitrogens is 2. The van der Waals surface area contributed by atoms with Crippen molar-refractivity contribution in [3.63, 3.8) is 0 Å². The number of aryl methyl sites for hydroxylation is 2. The number of rotatable bonds is 6. The summed E-state index contributed by atoms with van der Waals surface area (Å²) in [7, 11) is 0. The van der Waals surface area contributed by atoms with Gasteiger partial charge < -0.3 is 10.6 Å². The molecule has 6 nitrogen and oxygen atoms in total. The predicted molar refractivity (Wildman–Crippen MR) is 110 cm³/mol. The Kier molecular flexibility index (Phi) is 6.48. The molecule has 0 saturated carbocycles. The lowest BCUT2D eigenvalue weighted by Crippen LogP contribution is -2.12. The van der Waals surface area contributed by atoms with E-state index in [0.29, 0.717) is 17.1 Å². The van der Waals surface area contributed by atoms with Crippen LogP contribution in [-0.4, -0.2) is 22.0 Å². The molecule has 2 N–H and O–H groups in total. The Labute approximate surface area is 173 Å². The van der Waals surface area contributed by atoms with Crippen LogP contribution in [0.4, 0.5) is 15.8 Å². The summed E-state index contributed by atoms with van der Waals surface area (Å²) < 4.78 is 13.9. The Morgan fingerprint density at radius 3 is 2.50 bits per heavy atom. The number of hydrogen-bond acceptors (Lipinski definition) is 5. The van der Waals surface area contributed by atoms with E-state index >= 15 is 0 Å². The van der Waals surface area contributed by atoms with Gasteiger partial charge in [0.25, 0.3) is 5.91 Å². The van der Waals surface area contributed by atoms with Crippen LogP contribution in [0.25, 0.3) is 0 Å². The molecule has 28 heavy (non-hydrogen) atoms. The molecule has 0 aliphatic heterocycles. The first-order valence-electron chi connectivity index (χ1n) is 8.36. The molecule has 1 heterocycles. The summed E-state index contributed by atoms with van der Waals surface area (Å²) in [6.45, 7) is 1.94. The lowest BCUT2D eigenvalue weighted by molar-refractivity contribution is -0.116. The molecule has 3 rings (SSSR count). The SMILES string of the molecule is Cc1cc(NC(=O)CCc2nnc(C(=O)Nc3ccc(F)cc3)s2)ccc1Br. The molecule has 0 saturated heterocycles. The largest absolute Gasteiger partial charge is 0.326 e. The molecule has 0 spiro atoms. The zero-order valence-corrected chi connectivity index (χ0v) is 17.2. The lowest BCUT2D eigenvalue weighted by Gasteiger charge is -2.06. The Balaban J connectivity index is 1.52. The van der Waals surface area contributed by atoms with Crippen LogP contribution in [0.3, 0.4) is 0 Å². The number of nitrogens with one attached hydrogen (secondary N) is 2. The highest BCUT2D eigenvalue weighted by molar-refractivity contribution is 9.10. The van der Waals surface area contributed by atoms with Crippen LogP contribution in [0.2, 0.25) is 0 Å². The van der Waals surface area contributed by atoms with Gasteiger partial charge in [0.1, 0.15) is 10.8 Å². The third-order valence-corrected chi connectivity index (χ3v) is 5.64. The van der Waals surface area contributed by atoms with E-state index in [4.69, 9.17) is 0 Å². The molecule has 2 aromatic carbocycles. The summed E-state index contributed by atoms with van der Waals surface area (Å²) in [6, 6.07) is 11.0. The van der Waals surface area contributed by atoms with E-state index in [1.807, 2.05) is 25.1 Å². The maximum absolute atomic E-state index is 12.9. The van der Waals surface area contributed by atoms with Gasteiger partial charge in [-0.2, -0.15) is 0 Å². The summed E-state index contributed by atoms with van der Waals surface area (Å²) in [4.78, 5) is 24.3. The van der Waals surface area contributed by atoms with Crippen molar-refractivity contribution >= 4 is 50.5 Å². The highest BCUT2D eigenvalue weighted by Gasteiger charge is 2.14. The van der Waals surface area contributed by atoms with Gasteiger partial charge in [0.05, 0.1) is 0 Å². The van der Waals surface area contributed by atoms with Crippen molar-refractivity contribution in [2.75, 3.05) is 10.6 Å². The smallest absolute Gasteiger partial charge is 0.286 e. The molecule has 0 atom stereocenters. The molecule has 0 aliphatic carbocycles. The fraction of sp³-hybridized carbons (Fsp3) is 0.158. The number of benzene rings is 2. The number of carbonyl (C=O) groups is 2. The second-order valence-electron chi connectivity index (χ2n) is 5.97. The van der Waals surface area contributed by atoms with Crippen molar-refractivity contribution in [2.45, 2.75) is 19.8 Å². The van der Waals surface area contributed by atoms with Gasteiger partial charge in [0, 0.05) is 28.7 Å². The molecule has 0 bridgehead atoms. The van der Waals surface area contributed by atoms with Gasteiger partial charge in [-0.15, -0.1) is 10.2 Å². The van der Waals surface area contributed by atoms with Gasteiger partial charge >= 0.3 is 0 Å². The summed E-state index contributed by atoms with van der Waals surface area (Å²) >= 11 is 4.54. The topological polar surface area (TPSA) is 84.0 Å². The first kappa shape index (κ1) is 20.1. The van der Waals surface area contributed by atoms with E-state index in [2.05, 4.69) is 36.8 Å². The number of hydrogen-bond donors (Lipinski definition) is 2. The number of amides is 2. The third kappa shape index (κ3) is 5.43. The normalized spacial score (nSPS) is 10.5. The minimum absolute atomic E-state index is 0.144. The average Bonchev–Trinajstić information content (AvgIpc) is 3.14. The van der Waals surface area contributed by atoms with Crippen molar-refractivity contribution in [3.8, 4) is 0 Å². The molecule has 3 aromatic rings. The van der Waals surface area contributed by atoms with Gasteiger partial charge in [-0.25, -0.2) is 4.39 Å². The van der Waals surface area contributed by atoms with Crippen molar-refractivity contribution < 1.29 is 14.0 Å². The van der Waals surface area contributed by atoms with Gasteiger partial charge in [-0.1, -0.05) is 27.3 Å². The molecule has 0 radical (unpaired) electrons. The van der Waals surface area contributed by atoms with E-state index in [0.717, 1.165) is 27.1 Å². The number of halogens is 2. The summed E-state index contributed by atoms with van der Waals surface area (Å²) in [5.41, 5.74) is 2.22. The lowest BCUT2D eigenvalue weighted by atomic mass is 10.2. The van der Waals surface area contributed by atoms with Crippen LogP contribution in [0.5, 0.6) is 0 Å². The number of anilines is 2. The van der Waals surface area contributed by atoms with Gasteiger partial charge in [-0.3, -0.25) is 9.59 Å². The van der Waals surface area contributed by atoms with E-state index in [1.54, 1.807) is 0 Å². The Bertz CT molecular complexity index is 1010. The third-order valence-electron chi connectivity index (χ3n) is 3.77. The van der Waals surface area contributed by atoms with Crippen molar-refractivity contribution in [3.05, 3.63) is 68.3 Å². The Morgan fingerprint density at radius 1 is 1.07 bits per heavy atom. The van der Waals surface area contributed by atoms with Crippen LogP contribution >= 0.6 is 27.3 Å². The summed E-state index contributed by atoms with van der Waals surface area (Å²) in [5, 5.41) is 14.0. The molecule has 1 aromatic heterocycles. The Morgan fingerprint density at radius 2 is 1.79 bits per heavy atom. The fourth-order valence-electron chi connectivity index (χ4n) is 2.33. The van der Waals surface area contributed by atoms with Crippen LogP contribution in [0, 0.1) is 12.7 Å². The molecule has 0 aliphatic rings. The maximum Gasteiger partial charge on any atom is 0.286 e. The molecule has 9 heteroatoms. The van der Waals surface area contributed by atoms with E-state index in [-0.39, 0.29) is 23.2 Å². The van der Waals surface area contributed by atoms with E-state index in [1.165, 1.54) is 24.3 Å². The molecule has 144 valence electrons. The monoisotopic (exact) mass is 462 g/mol. The molecular formula is C19H16BrFN4O2S. The predicted octanol–water partition coefficient (Wildman–Crippen LogP) is 4.57. The quantitative estimate of drug-likeness (QED) is 0.561. The maximum atomic E-state index is 12.9. The van der Waals surface area contributed by atoms with Crippen LogP contribution < -0.4 is 10.6 Å². The molecular weight excluding hydrogens is 447 g/mol. The zero-order valence-electron chi connectivity index (χ0n) is 14.8. The minimum Gasteiger partial charge on any atom is -0.326 e. The summed E-state index contributed by atoms with van der Waals surface area (Å²) in [5.74, 6) is -0.952. The second kappa shape index (κ2) is 9.03. The van der Waals surface area contributed by atoms with Crippen molar-refractivity contribution in [2.24, 2.45) is 0 Å². The van der Waals surface area contributed by atoms with E-state index < -0.39 is 5.91 Å². The van der Waals surface area contributed by atoms with Gasteiger partial charge in [0.2, 0.25) is 10.9 Å². The average molecular weight is 463 g/mol. The highest BCUT2D eigenvalue weighted by Crippen LogP contribution is 2.20. The number of nitrogens with zero attached hydrogens (tertiary/aromatic N) is 2. The zero-order chi connectivity index (χ0) is 20.1. The van der Waals surface area contributed by atoms with Crippen molar-refractivity contribution in [1.29, 1.82) is 0 Å². The molecule has 0 unspecified atom stereocenters. The van der Waals surface area contributed by atoms with Crippen LogP contribution in [0.1, 0.15) is 26.8 Å². The highest BCUT2D eigenvalue weighted by atomic mass is 79.9. The van der Waals surface area contributed by atoms with Crippen LogP contribution in [-0.2, 0) is 11.2 Å². The molecule has 0 fully saturated rings. The van der Waals surface area contributed by atoms with Gasteiger partial charge in [-0.05, 0) is 55.0 Å². The van der Waals surface area contributed by atoms with Crippen LogP contribution in [0.15, 0.2) is 46.9 Å². The second-order valence-corrected chi connectivity index (χ2v) is 7.89. The number of carbonyl (C=O) groups excluding carboxylic acids is 2. The fourth-order valence-corrected chi connectivity index (χ4v) is 3.31.